The maximum absolute atomic E-state index is 5.90. The number of oxazole rings is 1. The van der Waals surface area contributed by atoms with Gasteiger partial charge in [0, 0.05) is 30.9 Å². The predicted molar refractivity (Wildman–Crippen MR) is 79.8 cm³/mol. The van der Waals surface area contributed by atoms with E-state index in [9.17, 15) is 0 Å². The number of benzene rings is 1. The van der Waals surface area contributed by atoms with E-state index in [-0.39, 0.29) is 0 Å². The number of nitrogens with zero attached hydrogens (tertiary/aromatic N) is 3. The van der Waals surface area contributed by atoms with Crippen molar-refractivity contribution in [3.8, 4) is 0 Å². The van der Waals surface area contributed by atoms with Gasteiger partial charge in [0.25, 0.3) is 6.01 Å². The maximum Gasteiger partial charge on any atom is 0.298 e. The van der Waals surface area contributed by atoms with Gasteiger partial charge in [-0.05, 0) is 44.5 Å². The number of fused-ring (bicyclic) bond motifs is 3. The standard InChI is InChI=1S/C15H20N4O/c1-18-11-3-4-12(18)9-19(7-6-11)15-17-13-8-10(16)2-5-14(13)20-15/h2,5,8,11-12H,3-4,6-7,9,16H2,1H3. The molecule has 2 N–H and O–H groups in total. The SMILES string of the molecule is CN1C2CCC1CN(c1nc3cc(N)ccc3o1)CC2. The summed E-state index contributed by atoms with van der Waals surface area (Å²) in [6.07, 6.45) is 3.80. The summed E-state index contributed by atoms with van der Waals surface area (Å²) in [4.78, 5) is 9.42. The second kappa shape index (κ2) is 4.38. The predicted octanol–water partition coefficient (Wildman–Crippen LogP) is 2.08. The van der Waals surface area contributed by atoms with Crippen molar-refractivity contribution in [1.82, 2.24) is 9.88 Å². The third kappa shape index (κ3) is 1.85. The Morgan fingerprint density at radius 1 is 1.25 bits per heavy atom. The van der Waals surface area contributed by atoms with Crippen LogP contribution in [0.15, 0.2) is 22.6 Å². The molecule has 106 valence electrons. The number of aromatic nitrogens is 1. The fourth-order valence-corrected chi connectivity index (χ4v) is 3.55. The molecule has 2 aliphatic heterocycles. The van der Waals surface area contributed by atoms with Gasteiger partial charge in [-0.2, -0.15) is 4.98 Å². The molecule has 0 spiro atoms. The summed E-state index contributed by atoms with van der Waals surface area (Å²) in [6.45, 7) is 2.03. The minimum absolute atomic E-state index is 0.627. The molecule has 2 atom stereocenters. The summed E-state index contributed by atoms with van der Waals surface area (Å²) in [5, 5.41) is 0. The Hall–Kier alpha value is -1.75. The van der Waals surface area contributed by atoms with Gasteiger partial charge in [0.15, 0.2) is 5.58 Å². The lowest BCUT2D eigenvalue weighted by Gasteiger charge is -2.24. The first-order valence-electron chi connectivity index (χ1n) is 7.33. The molecule has 4 rings (SSSR count). The van der Waals surface area contributed by atoms with Crippen molar-refractivity contribution in [2.45, 2.75) is 31.3 Å². The Balaban J connectivity index is 1.65. The quantitative estimate of drug-likeness (QED) is 0.805. The van der Waals surface area contributed by atoms with E-state index in [1.54, 1.807) is 0 Å². The molecule has 2 aliphatic rings. The summed E-state index contributed by atoms with van der Waals surface area (Å²) in [5.41, 5.74) is 8.20. The number of anilines is 2. The largest absolute Gasteiger partial charge is 0.423 e. The van der Waals surface area contributed by atoms with Crippen LogP contribution in [0.25, 0.3) is 11.1 Å². The monoisotopic (exact) mass is 272 g/mol. The third-order valence-corrected chi connectivity index (χ3v) is 4.82. The van der Waals surface area contributed by atoms with Gasteiger partial charge in [-0.25, -0.2) is 0 Å². The molecule has 2 unspecified atom stereocenters. The number of nitrogen functional groups attached to an aromatic ring is 1. The van der Waals surface area contributed by atoms with Crippen LogP contribution in [0.4, 0.5) is 11.7 Å². The van der Waals surface area contributed by atoms with Gasteiger partial charge in [-0.1, -0.05) is 0 Å². The van der Waals surface area contributed by atoms with Crippen LogP contribution < -0.4 is 10.6 Å². The van der Waals surface area contributed by atoms with Crippen molar-refractivity contribution >= 4 is 22.8 Å². The first kappa shape index (κ1) is 12.0. The van der Waals surface area contributed by atoms with Gasteiger partial charge in [0.2, 0.25) is 0 Å². The average molecular weight is 272 g/mol. The molecule has 3 heterocycles. The summed E-state index contributed by atoms with van der Waals surface area (Å²) < 4.78 is 5.90. The molecule has 2 aromatic rings. The van der Waals surface area contributed by atoms with E-state index in [1.807, 2.05) is 18.2 Å². The lowest BCUT2D eigenvalue weighted by molar-refractivity contribution is 0.254. The maximum atomic E-state index is 5.90. The highest BCUT2D eigenvalue weighted by Crippen LogP contribution is 2.31. The van der Waals surface area contributed by atoms with E-state index in [0.717, 1.165) is 41.9 Å². The van der Waals surface area contributed by atoms with E-state index in [2.05, 4.69) is 21.8 Å². The van der Waals surface area contributed by atoms with Crippen molar-refractivity contribution in [3.63, 3.8) is 0 Å². The van der Waals surface area contributed by atoms with Gasteiger partial charge in [0.1, 0.15) is 5.52 Å². The summed E-state index contributed by atoms with van der Waals surface area (Å²) in [5.74, 6) is 0. The lowest BCUT2D eigenvalue weighted by atomic mass is 10.1. The highest BCUT2D eigenvalue weighted by Gasteiger charge is 2.35. The van der Waals surface area contributed by atoms with Crippen molar-refractivity contribution in [3.05, 3.63) is 18.2 Å². The molecule has 1 aromatic heterocycles. The van der Waals surface area contributed by atoms with Crippen LogP contribution in [0.2, 0.25) is 0 Å². The molecule has 0 saturated carbocycles. The van der Waals surface area contributed by atoms with Crippen LogP contribution in [0, 0.1) is 0 Å². The van der Waals surface area contributed by atoms with Crippen LogP contribution in [-0.4, -0.2) is 42.1 Å². The van der Waals surface area contributed by atoms with E-state index >= 15 is 0 Å². The number of hydrogen-bond donors (Lipinski definition) is 1. The summed E-state index contributed by atoms with van der Waals surface area (Å²) in [6, 6.07) is 7.73. The average Bonchev–Trinajstić information content (AvgIpc) is 2.91. The van der Waals surface area contributed by atoms with Crippen molar-refractivity contribution in [2.24, 2.45) is 0 Å². The molecule has 1 aromatic carbocycles. The van der Waals surface area contributed by atoms with Gasteiger partial charge >= 0.3 is 0 Å². The van der Waals surface area contributed by atoms with Crippen LogP contribution >= 0.6 is 0 Å². The molecule has 0 radical (unpaired) electrons. The van der Waals surface area contributed by atoms with Crippen molar-refractivity contribution in [1.29, 1.82) is 0 Å². The Morgan fingerprint density at radius 3 is 3.00 bits per heavy atom. The Labute approximate surface area is 118 Å². The highest BCUT2D eigenvalue weighted by molar-refractivity contribution is 5.78. The molecule has 5 nitrogen and oxygen atoms in total. The summed E-state index contributed by atoms with van der Waals surface area (Å²) >= 11 is 0. The van der Waals surface area contributed by atoms with Crippen LogP contribution in [0.5, 0.6) is 0 Å². The number of hydrogen-bond acceptors (Lipinski definition) is 5. The Kier molecular flexibility index (Phi) is 2.63. The Bertz CT molecular complexity index is 638. The summed E-state index contributed by atoms with van der Waals surface area (Å²) in [7, 11) is 2.25. The molecule has 5 heteroatoms. The molecule has 0 amide bonds. The zero-order valence-electron chi connectivity index (χ0n) is 11.7. The van der Waals surface area contributed by atoms with E-state index in [0.29, 0.717) is 6.04 Å². The first-order valence-corrected chi connectivity index (χ1v) is 7.33. The zero-order valence-corrected chi connectivity index (χ0v) is 11.7. The second-order valence-electron chi connectivity index (χ2n) is 6.01. The smallest absolute Gasteiger partial charge is 0.298 e. The minimum Gasteiger partial charge on any atom is -0.423 e. The van der Waals surface area contributed by atoms with Gasteiger partial charge in [-0.15, -0.1) is 0 Å². The molecular weight excluding hydrogens is 252 g/mol. The fraction of sp³-hybridized carbons (Fsp3) is 0.533. The molecular formula is C15H20N4O. The number of rotatable bonds is 1. The topological polar surface area (TPSA) is 58.5 Å². The zero-order chi connectivity index (χ0) is 13.7. The molecule has 2 fully saturated rings. The molecule has 20 heavy (non-hydrogen) atoms. The van der Waals surface area contributed by atoms with Crippen LogP contribution in [-0.2, 0) is 0 Å². The van der Waals surface area contributed by atoms with Crippen molar-refractivity contribution in [2.75, 3.05) is 30.8 Å². The Morgan fingerprint density at radius 2 is 2.10 bits per heavy atom. The normalized spacial score (nSPS) is 27.1. The van der Waals surface area contributed by atoms with Crippen LogP contribution in [0.3, 0.4) is 0 Å². The molecule has 2 saturated heterocycles. The van der Waals surface area contributed by atoms with E-state index < -0.39 is 0 Å². The fourth-order valence-electron chi connectivity index (χ4n) is 3.55. The first-order chi connectivity index (χ1) is 9.70. The lowest BCUT2D eigenvalue weighted by Crippen LogP contribution is -2.36. The third-order valence-electron chi connectivity index (χ3n) is 4.82. The van der Waals surface area contributed by atoms with E-state index in [4.69, 9.17) is 10.2 Å². The van der Waals surface area contributed by atoms with Gasteiger partial charge < -0.3 is 15.1 Å². The highest BCUT2D eigenvalue weighted by atomic mass is 16.4. The molecule has 0 aliphatic carbocycles. The van der Waals surface area contributed by atoms with Crippen molar-refractivity contribution < 1.29 is 4.42 Å². The van der Waals surface area contributed by atoms with Gasteiger partial charge in [0.05, 0.1) is 0 Å². The van der Waals surface area contributed by atoms with Gasteiger partial charge in [-0.3, -0.25) is 4.90 Å². The molecule has 2 bridgehead atoms. The number of likely N-dealkylation sites (N-methyl/N-ethyl adjacent to an activating group) is 1. The second-order valence-corrected chi connectivity index (χ2v) is 6.01. The minimum atomic E-state index is 0.627. The van der Waals surface area contributed by atoms with Crippen LogP contribution in [0.1, 0.15) is 19.3 Å². The van der Waals surface area contributed by atoms with E-state index in [1.165, 1.54) is 19.3 Å². The number of nitrogens with two attached hydrogens (primary N) is 1.